The number of unbranched alkanes of at least 4 members (excludes halogenated alkanes) is 15. The highest BCUT2D eigenvalue weighted by molar-refractivity contribution is 5.78. The molecule has 294 valence electrons. The maximum atomic E-state index is 12.7. The fraction of sp³-hybridized carbons (Fsp3) is 0.884. The zero-order valence-corrected chi connectivity index (χ0v) is 34.2. The molecule has 7 heteroatoms. The average Bonchev–Trinajstić information content (AvgIpc) is 3.06. The van der Waals surface area contributed by atoms with Crippen molar-refractivity contribution in [1.82, 2.24) is 4.90 Å². The third kappa shape index (κ3) is 27.8. The van der Waals surface area contributed by atoms with Crippen LogP contribution in [0.3, 0.4) is 0 Å². The first-order valence-electron chi connectivity index (χ1n) is 20.7. The van der Waals surface area contributed by atoms with Crippen molar-refractivity contribution in [2.45, 2.75) is 202 Å². The summed E-state index contributed by atoms with van der Waals surface area (Å²) in [6.45, 7) is 14.1. The molecule has 0 radical (unpaired) electrons. The number of hydrogen-bond acceptors (Lipinski definition) is 7. The molecular formula is C43H81NO6. The van der Waals surface area contributed by atoms with E-state index in [9.17, 15) is 14.4 Å². The van der Waals surface area contributed by atoms with E-state index >= 15 is 0 Å². The molecule has 0 aromatic heterocycles. The van der Waals surface area contributed by atoms with Crippen LogP contribution >= 0.6 is 0 Å². The third-order valence-electron chi connectivity index (χ3n) is 9.58. The summed E-state index contributed by atoms with van der Waals surface area (Å²) in [5, 5.41) is 0. The minimum atomic E-state index is -0.659. The van der Waals surface area contributed by atoms with Crippen LogP contribution in [-0.4, -0.2) is 62.8 Å². The van der Waals surface area contributed by atoms with Gasteiger partial charge in [-0.2, -0.15) is 0 Å². The molecule has 0 bridgehead atoms. The van der Waals surface area contributed by atoms with Crippen molar-refractivity contribution in [3.05, 3.63) is 12.2 Å². The quantitative estimate of drug-likeness (QED) is 0.0285. The molecule has 0 aromatic carbocycles. The predicted octanol–water partition coefficient (Wildman–Crippen LogP) is 11.6. The van der Waals surface area contributed by atoms with Crippen LogP contribution in [0.4, 0.5) is 0 Å². The highest BCUT2D eigenvalue weighted by Crippen LogP contribution is 2.27. The molecule has 1 atom stereocenters. The number of allylic oxidation sites excluding steroid dienone is 1. The normalized spacial score (nSPS) is 12.8. The van der Waals surface area contributed by atoms with Gasteiger partial charge in [-0.1, -0.05) is 116 Å². The molecule has 0 fully saturated rings. The first-order chi connectivity index (χ1) is 23.9. The number of hydrogen-bond donors (Lipinski definition) is 0. The van der Waals surface area contributed by atoms with E-state index < -0.39 is 10.8 Å². The predicted molar refractivity (Wildman–Crippen MR) is 209 cm³/mol. The smallest absolute Gasteiger partial charge is 0.315 e. The zero-order chi connectivity index (χ0) is 37.5. The Morgan fingerprint density at radius 1 is 0.620 bits per heavy atom. The van der Waals surface area contributed by atoms with Crippen molar-refractivity contribution >= 4 is 17.9 Å². The summed E-state index contributed by atoms with van der Waals surface area (Å²) in [6.07, 6.45) is 28.9. The van der Waals surface area contributed by atoms with E-state index in [0.717, 1.165) is 90.0 Å². The number of carbonyl (C=O) groups is 3. The lowest BCUT2D eigenvalue weighted by atomic mass is 9.86. The van der Waals surface area contributed by atoms with Gasteiger partial charge >= 0.3 is 17.9 Å². The molecule has 7 nitrogen and oxygen atoms in total. The summed E-state index contributed by atoms with van der Waals surface area (Å²) >= 11 is 0. The minimum absolute atomic E-state index is 0.0920. The van der Waals surface area contributed by atoms with Crippen molar-refractivity contribution in [2.24, 2.45) is 10.8 Å². The lowest BCUT2D eigenvalue weighted by Gasteiger charge is -2.23. The zero-order valence-electron chi connectivity index (χ0n) is 34.2. The Hall–Kier alpha value is -1.89. The Bertz CT molecular complexity index is 881. The van der Waals surface area contributed by atoms with Crippen LogP contribution in [0.5, 0.6) is 0 Å². The maximum Gasteiger partial charge on any atom is 0.315 e. The molecule has 0 aliphatic carbocycles. The number of esters is 3. The molecule has 0 N–H and O–H groups in total. The van der Waals surface area contributed by atoms with E-state index in [1.807, 2.05) is 47.9 Å². The lowest BCUT2D eigenvalue weighted by Crippen LogP contribution is -2.27. The van der Waals surface area contributed by atoms with Crippen molar-refractivity contribution < 1.29 is 28.6 Å². The Kier molecular flexibility index (Phi) is 29.5. The summed E-state index contributed by atoms with van der Waals surface area (Å²) in [6, 6.07) is 0. The molecule has 50 heavy (non-hydrogen) atoms. The molecule has 0 aromatic rings. The fourth-order valence-electron chi connectivity index (χ4n) is 6.00. The molecule has 0 spiro atoms. The van der Waals surface area contributed by atoms with Gasteiger partial charge in [-0.15, -0.1) is 0 Å². The van der Waals surface area contributed by atoms with E-state index in [0.29, 0.717) is 19.6 Å². The lowest BCUT2D eigenvalue weighted by molar-refractivity contribution is -0.154. The summed E-state index contributed by atoms with van der Waals surface area (Å²) < 4.78 is 17.2. The molecule has 0 rings (SSSR count). The van der Waals surface area contributed by atoms with Gasteiger partial charge in [0.25, 0.3) is 0 Å². The second kappa shape index (κ2) is 30.7. The summed E-state index contributed by atoms with van der Waals surface area (Å²) in [5.41, 5.74) is -1.15. The third-order valence-corrected chi connectivity index (χ3v) is 9.58. The van der Waals surface area contributed by atoms with Gasteiger partial charge in [0.1, 0.15) is 6.10 Å². The van der Waals surface area contributed by atoms with Gasteiger partial charge in [0.15, 0.2) is 0 Å². The number of nitrogens with zero attached hydrogens (tertiary/aromatic N) is 1. The molecular weight excluding hydrogens is 626 g/mol. The van der Waals surface area contributed by atoms with Gasteiger partial charge in [0.2, 0.25) is 0 Å². The summed E-state index contributed by atoms with van der Waals surface area (Å²) in [4.78, 5) is 40.1. The summed E-state index contributed by atoms with van der Waals surface area (Å²) in [5.74, 6) is -0.387. The Morgan fingerprint density at radius 2 is 1.12 bits per heavy atom. The van der Waals surface area contributed by atoms with Gasteiger partial charge in [0, 0.05) is 6.42 Å². The second-order valence-electron chi connectivity index (χ2n) is 16.1. The van der Waals surface area contributed by atoms with E-state index in [1.165, 1.54) is 64.2 Å². The molecule has 1 unspecified atom stereocenters. The van der Waals surface area contributed by atoms with Crippen LogP contribution in [0, 0.1) is 10.8 Å². The van der Waals surface area contributed by atoms with Crippen LogP contribution in [0.1, 0.15) is 196 Å². The molecule has 0 saturated heterocycles. The van der Waals surface area contributed by atoms with Crippen LogP contribution in [0.15, 0.2) is 12.2 Å². The van der Waals surface area contributed by atoms with Crippen molar-refractivity contribution in [3.8, 4) is 0 Å². The Morgan fingerprint density at radius 3 is 1.68 bits per heavy atom. The fourth-order valence-corrected chi connectivity index (χ4v) is 6.00. The first-order valence-corrected chi connectivity index (χ1v) is 20.7. The number of rotatable bonds is 34. The molecule has 0 aliphatic rings. The van der Waals surface area contributed by atoms with Crippen LogP contribution < -0.4 is 0 Å². The number of ether oxygens (including phenoxy) is 3. The van der Waals surface area contributed by atoms with E-state index in [2.05, 4.69) is 24.8 Å². The first kappa shape index (κ1) is 48.1. The topological polar surface area (TPSA) is 82.1 Å². The highest BCUT2D eigenvalue weighted by atomic mass is 16.5. The standard InChI is InChI=1S/C43H81NO6/c1-9-11-13-15-17-19-27-36-48-40(46)42(3,4)33-25-21-23-30-38(50-39(45)32-29-35-44(7)8)31-24-22-26-34-43(5,6)41(47)49-37-28-20-18-16-14-12-10-2/h25,33,38H,9-24,26-32,34-37H2,1-8H3/b33-25+. The van der Waals surface area contributed by atoms with Gasteiger partial charge in [-0.25, -0.2) is 0 Å². The van der Waals surface area contributed by atoms with Crippen molar-refractivity contribution in [2.75, 3.05) is 33.9 Å². The summed E-state index contributed by atoms with van der Waals surface area (Å²) in [7, 11) is 4.02. The van der Waals surface area contributed by atoms with E-state index in [1.54, 1.807) is 0 Å². The second-order valence-corrected chi connectivity index (χ2v) is 16.1. The van der Waals surface area contributed by atoms with Gasteiger partial charge in [0.05, 0.1) is 24.0 Å². The van der Waals surface area contributed by atoms with Crippen LogP contribution in [0.2, 0.25) is 0 Å². The molecule has 0 heterocycles. The minimum Gasteiger partial charge on any atom is -0.465 e. The largest absolute Gasteiger partial charge is 0.465 e. The van der Waals surface area contributed by atoms with Gasteiger partial charge < -0.3 is 19.1 Å². The Balaban J connectivity index is 4.61. The van der Waals surface area contributed by atoms with Crippen LogP contribution in [0.25, 0.3) is 0 Å². The number of carbonyl (C=O) groups excluding carboxylic acids is 3. The monoisotopic (exact) mass is 708 g/mol. The average molecular weight is 708 g/mol. The Labute approximate surface area is 309 Å². The van der Waals surface area contributed by atoms with Crippen LogP contribution in [-0.2, 0) is 28.6 Å². The highest BCUT2D eigenvalue weighted by Gasteiger charge is 2.29. The molecule has 0 amide bonds. The van der Waals surface area contributed by atoms with Gasteiger partial charge in [-0.3, -0.25) is 14.4 Å². The van der Waals surface area contributed by atoms with E-state index in [4.69, 9.17) is 14.2 Å². The van der Waals surface area contributed by atoms with Gasteiger partial charge in [-0.05, 0) is 106 Å². The van der Waals surface area contributed by atoms with Crippen molar-refractivity contribution in [3.63, 3.8) is 0 Å². The van der Waals surface area contributed by atoms with Crippen molar-refractivity contribution in [1.29, 1.82) is 0 Å². The molecule has 0 saturated carbocycles. The maximum absolute atomic E-state index is 12.7. The SMILES string of the molecule is CCCCCCCCCOC(=O)C(C)(C)/C=C/CCCC(CCCCCC(C)(C)C(=O)OCCCCCCCCC)OC(=O)CCCN(C)C. The van der Waals surface area contributed by atoms with E-state index in [-0.39, 0.29) is 24.0 Å². The molecule has 0 aliphatic heterocycles.